The number of nitrogens with zero attached hydrogens (tertiary/aromatic N) is 1. The summed E-state index contributed by atoms with van der Waals surface area (Å²) in [5.41, 5.74) is 6.98. The summed E-state index contributed by atoms with van der Waals surface area (Å²) >= 11 is 3.55. The first kappa shape index (κ1) is 14.6. The second kappa shape index (κ2) is 6.11. The molecule has 0 spiro atoms. The normalized spacial score (nSPS) is 23.6. The van der Waals surface area contributed by atoms with Gasteiger partial charge in [0.05, 0.1) is 18.7 Å². The smallest absolute Gasteiger partial charge is 0.136 e. The monoisotopic (exact) mass is 328 g/mol. The van der Waals surface area contributed by atoms with Crippen molar-refractivity contribution < 1.29 is 9.47 Å². The lowest BCUT2D eigenvalue weighted by Gasteiger charge is -2.22. The van der Waals surface area contributed by atoms with Gasteiger partial charge in [0.25, 0.3) is 0 Å². The molecule has 0 aliphatic carbocycles. The number of rotatable bonds is 4. The van der Waals surface area contributed by atoms with E-state index in [9.17, 15) is 0 Å². The zero-order valence-electron chi connectivity index (χ0n) is 11.6. The molecule has 2 rings (SSSR count). The number of ether oxygens (including phenoxy) is 2. The van der Waals surface area contributed by atoms with Crippen LogP contribution < -0.4 is 15.2 Å². The molecule has 1 aliphatic rings. The van der Waals surface area contributed by atoms with Crippen LogP contribution in [0.4, 0.5) is 0 Å². The maximum absolute atomic E-state index is 5.80. The Kier molecular flexibility index (Phi) is 4.71. The van der Waals surface area contributed by atoms with Crippen LogP contribution in [0.25, 0.3) is 0 Å². The predicted molar refractivity (Wildman–Crippen MR) is 79.8 cm³/mol. The zero-order chi connectivity index (χ0) is 14.0. The fraction of sp³-hybridized carbons (Fsp3) is 0.571. The van der Waals surface area contributed by atoms with Crippen LogP contribution in [0.3, 0.4) is 0 Å². The molecule has 0 radical (unpaired) electrons. The number of halogens is 1. The fourth-order valence-corrected chi connectivity index (χ4v) is 3.31. The van der Waals surface area contributed by atoms with E-state index in [2.05, 4.69) is 33.9 Å². The maximum atomic E-state index is 5.80. The largest absolute Gasteiger partial charge is 0.496 e. The van der Waals surface area contributed by atoms with Crippen molar-refractivity contribution in [3.63, 3.8) is 0 Å². The molecule has 1 fully saturated rings. The molecular formula is C14H21BrN2O2. The number of hydrogen-bond donors (Lipinski definition) is 1. The van der Waals surface area contributed by atoms with Crippen molar-refractivity contribution in [2.45, 2.75) is 12.5 Å². The Morgan fingerprint density at radius 1 is 1.32 bits per heavy atom. The van der Waals surface area contributed by atoms with Gasteiger partial charge in [0.2, 0.25) is 0 Å². The third-order valence-electron chi connectivity index (χ3n) is 3.83. The Bertz CT molecular complexity index is 453. The SMILES string of the molecule is COc1cc(OC)c(C2CC(CN)CN2C)cc1Br. The minimum Gasteiger partial charge on any atom is -0.496 e. The third kappa shape index (κ3) is 2.88. The van der Waals surface area contributed by atoms with Gasteiger partial charge in [-0.3, -0.25) is 4.90 Å². The van der Waals surface area contributed by atoms with Gasteiger partial charge < -0.3 is 15.2 Å². The highest BCUT2D eigenvalue weighted by molar-refractivity contribution is 9.10. The number of hydrogen-bond acceptors (Lipinski definition) is 4. The third-order valence-corrected chi connectivity index (χ3v) is 4.45. The highest BCUT2D eigenvalue weighted by Gasteiger charge is 2.32. The number of methoxy groups -OCH3 is 2. The minimum atomic E-state index is 0.353. The van der Waals surface area contributed by atoms with Crippen molar-refractivity contribution in [1.29, 1.82) is 0 Å². The van der Waals surface area contributed by atoms with Gasteiger partial charge in [0, 0.05) is 24.2 Å². The second-order valence-corrected chi connectivity index (χ2v) is 5.88. The number of nitrogens with two attached hydrogens (primary N) is 1. The first-order valence-corrected chi connectivity index (χ1v) is 7.21. The van der Waals surface area contributed by atoms with Gasteiger partial charge >= 0.3 is 0 Å². The molecule has 4 nitrogen and oxygen atoms in total. The Labute approximate surface area is 123 Å². The number of likely N-dealkylation sites (tertiary alicyclic amines) is 1. The molecular weight excluding hydrogens is 308 g/mol. The van der Waals surface area contributed by atoms with E-state index < -0.39 is 0 Å². The first-order chi connectivity index (χ1) is 9.10. The van der Waals surface area contributed by atoms with E-state index in [4.69, 9.17) is 15.2 Å². The van der Waals surface area contributed by atoms with Crippen LogP contribution in [0.5, 0.6) is 11.5 Å². The summed E-state index contributed by atoms with van der Waals surface area (Å²) < 4.78 is 11.8. The molecule has 1 aromatic carbocycles. The van der Waals surface area contributed by atoms with Gasteiger partial charge in [-0.2, -0.15) is 0 Å². The molecule has 1 aliphatic heterocycles. The van der Waals surface area contributed by atoms with Crippen LogP contribution in [0.2, 0.25) is 0 Å². The van der Waals surface area contributed by atoms with Crippen LogP contribution in [0, 0.1) is 5.92 Å². The fourth-order valence-electron chi connectivity index (χ4n) is 2.78. The molecule has 0 bridgehead atoms. The molecule has 1 aromatic rings. The Hall–Kier alpha value is -0.780. The summed E-state index contributed by atoms with van der Waals surface area (Å²) in [5.74, 6) is 2.21. The van der Waals surface area contributed by atoms with Crippen molar-refractivity contribution in [3.05, 3.63) is 22.2 Å². The molecule has 19 heavy (non-hydrogen) atoms. The van der Waals surface area contributed by atoms with Gasteiger partial charge in [0.15, 0.2) is 0 Å². The van der Waals surface area contributed by atoms with Gasteiger partial charge in [0.1, 0.15) is 11.5 Å². The lowest BCUT2D eigenvalue weighted by molar-refractivity contribution is 0.302. The van der Waals surface area contributed by atoms with Crippen LogP contribution in [-0.4, -0.2) is 39.3 Å². The topological polar surface area (TPSA) is 47.7 Å². The Morgan fingerprint density at radius 2 is 2.00 bits per heavy atom. The van der Waals surface area contributed by atoms with E-state index >= 15 is 0 Å². The zero-order valence-corrected chi connectivity index (χ0v) is 13.2. The summed E-state index contributed by atoms with van der Waals surface area (Å²) in [4.78, 5) is 2.34. The van der Waals surface area contributed by atoms with E-state index in [1.807, 2.05) is 6.07 Å². The molecule has 0 amide bonds. The minimum absolute atomic E-state index is 0.353. The molecule has 2 N–H and O–H groups in total. The quantitative estimate of drug-likeness (QED) is 0.922. The van der Waals surface area contributed by atoms with Crippen molar-refractivity contribution in [2.75, 3.05) is 34.4 Å². The van der Waals surface area contributed by atoms with E-state index in [1.54, 1.807) is 14.2 Å². The van der Waals surface area contributed by atoms with Crippen molar-refractivity contribution in [3.8, 4) is 11.5 Å². The van der Waals surface area contributed by atoms with E-state index in [-0.39, 0.29) is 0 Å². The summed E-state index contributed by atoms with van der Waals surface area (Å²) in [6.45, 7) is 1.77. The summed E-state index contributed by atoms with van der Waals surface area (Å²) in [5, 5.41) is 0. The molecule has 0 aromatic heterocycles. The van der Waals surface area contributed by atoms with Crippen LogP contribution in [0.1, 0.15) is 18.0 Å². The summed E-state index contributed by atoms with van der Waals surface area (Å²) in [7, 11) is 5.49. The molecule has 2 unspecified atom stereocenters. The van der Waals surface area contributed by atoms with Gasteiger partial charge in [-0.15, -0.1) is 0 Å². The Morgan fingerprint density at radius 3 is 2.53 bits per heavy atom. The van der Waals surface area contributed by atoms with Gasteiger partial charge in [-0.25, -0.2) is 0 Å². The van der Waals surface area contributed by atoms with Gasteiger partial charge in [-0.05, 0) is 47.9 Å². The Balaban J connectivity index is 2.36. The lowest BCUT2D eigenvalue weighted by atomic mass is 9.99. The molecule has 2 atom stereocenters. The van der Waals surface area contributed by atoms with Gasteiger partial charge in [-0.1, -0.05) is 0 Å². The molecule has 1 heterocycles. The second-order valence-electron chi connectivity index (χ2n) is 5.02. The molecule has 106 valence electrons. The standard InChI is InChI=1S/C14H21BrN2O2/c1-17-8-9(7-16)4-12(17)10-5-11(15)14(19-3)6-13(10)18-2/h5-6,9,12H,4,7-8,16H2,1-3H3. The summed E-state index contributed by atoms with van der Waals surface area (Å²) in [6, 6.07) is 4.38. The average molecular weight is 329 g/mol. The lowest BCUT2D eigenvalue weighted by Crippen LogP contribution is -2.20. The van der Waals surface area contributed by atoms with Crippen molar-refractivity contribution >= 4 is 15.9 Å². The van der Waals surface area contributed by atoms with Crippen LogP contribution in [0.15, 0.2) is 16.6 Å². The average Bonchev–Trinajstić information content (AvgIpc) is 2.79. The van der Waals surface area contributed by atoms with Crippen molar-refractivity contribution in [1.82, 2.24) is 4.90 Å². The van der Waals surface area contributed by atoms with E-state index in [0.717, 1.165) is 35.5 Å². The highest BCUT2D eigenvalue weighted by atomic mass is 79.9. The van der Waals surface area contributed by atoms with E-state index in [0.29, 0.717) is 12.0 Å². The van der Waals surface area contributed by atoms with Crippen LogP contribution >= 0.6 is 15.9 Å². The van der Waals surface area contributed by atoms with Crippen LogP contribution in [-0.2, 0) is 0 Å². The molecule has 1 saturated heterocycles. The number of benzene rings is 1. The molecule has 0 saturated carbocycles. The first-order valence-electron chi connectivity index (χ1n) is 6.42. The van der Waals surface area contributed by atoms with E-state index in [1.165, 1.54) is 5.56 Å². The highest BCUT2D eigenvalue weighted by Crippen LogP contribution is 2.42. The maximum Gasteiger partial charge on any atom is 0.136 e. The molecule has 5 heteroatoms. The predicted octanol–water partition coefficient (Wildman–Crippen LogP) is 2.42. The van der Waals surface area contributed by atoms with Crippen molar-refractivity contribution in [2.24, 2.45) is 11.7 Å². The summed E-state index contributed by atoms with van der Waals surface area (Å²) in [6.07, 6.45) is 1.07.